The van der Waals surface area contributed by atoms with Crippen molar-refractivity contribution in [2.45, 2.75) is 13.0 Å². The standard InChI is InChI=1S/C13H12Br2FNO/c1-2-17-12(13-11(15)5-6-18-13)9-7-8(16)3-4-10(9)14/h3-7,12,17H,2H2,1H3. The lowest BCUT2D eigenvalue weighted by atomic mass is 10.0. The minimum atomic E-state index is -0.265. The fraction of sp³-hybridized carbons (Fsp3) is 0.231. The smallest absolute Gasteiger partial charge is 0.139 e. The first-order valence-electron chi connectivity index (χ1n) is 5.54. The Kier molecular flexibility index (Phi) is 4.59. The second kappa shape index (κ2) is 5.99. The van der Waals surface area contributed by atoms with Crippen molar-refractivity contribution in [3.8, 4) is 0 Å². The first-order valence-corrected chi connectivity index (χ1v) is 7.13. The third-order valence-electron chi connectivity index (χ3n) is 2.58. The fourth-order valence-electron chi connectivity index (χ4n) is 1.80. The van der Waals surface area contributed by atoms with E-state index in [1.165, 1.54) is 12.1 Å². The SMILES string of the molecule is CCNC(c1cc(F)ccc1Br)c1occc1Br. The molecule has 1 unspecified atom stereocenters. The molecule has 0 amide bonds. The van der Waals surface area contributed by atoms with Crippen molar-refractivity contribution < 1.29 is 8.81 Å². The second-order valence-corrected chi connectivity index (χ2v) is 5.50. The quantitative estimate of drug-likeness (QED) is 0.840. The number of hydrogen-bond acceptors (Lipinski definition) is 2. The number of benzene rings is 1. The number of furan rings is 1. The summed E-state index contributed by atoms with van der Waals surface area (Å²) in [6.07, 6.45) is 1.61. The van der Waals surface area contributed by atoms with Crippen LogP contribution in [-0.2, 0) is 0 Å². The molecule has 1 N–H and O–H groups in total. The maximum Gasteiger partial charge on any atom is 0.139 e. The molecule has 2 nitrogen and oxygen atoms in total. The van der Waals surface area contributed by atoms with Gasteiger partial charge in [0.15, 0.2) is 0 Å². The Balaban J connectivity index is 2.48. The molecule has 0 aliphatic rings. The molecule has 0 saturated carbocycles. The highest BCUT2D eigenvalue weighted by atomic mass is 79.9. The summed E-state index contributed by atoms with van der Waals surface area (Å²) < 4.78 is 20.6. The lowest BCUT2D eigenvalue weighted by Crippen LogP contribution is -2.22. The predicted octanol–water partition coefficient (Wildman–Crippen LogP) is 4.64. The summed E-state index contributed by atoms with van der Waals surface area (Å²) >= 11 is 6.88. The molecule has 0 aliphatic heterocycles. The largest absolute Gasteiger partial charge is 0.466 e. The lowest BCUT2D eigenvalue weighted by molar-refractivity contribution is 0.448. The third kappa shape index (κ3) is 2.84. The molecule has 0 fully saturated rings. The summed E-state index contributed by atoms with van der Waals surface area (Å²) in [6, 6.07) is 6.27. The van der Waals surface area contributed by atoms with E-state index in [2.05, 4.69) is 37.2 Å². The minimum absolute atomic E-state index is 0.190. The van der Waals surface area contributed by atoms with Gasteiger partial charge in [-0.25, -0.2) is 4.39 Å². The average Bonchev–Trinajstić information content (AvgIpc) is 2.76. The Morgan fingerprint density at radius 1 is 1.28 bits per heavy atom. The van der Waals surface area contributed by atoms with Gasteiger partial charge in [-0.3, -0.25) is 0 Å². The number of halogens is 3. The van der Waals surface area contributed by atoms with Crippen LogP contribution >= 0.6 is 31.9 Å². The van der Waals surface area contributed by atoms with Gasteiger partial charge in [-0.15, -0.1) is 0 Å². The van der Waals surface area contributed by atoms with Gasteiger partial charge in [0.05, 0.1) is 16.8 Å². The zero-order chi connectivity index (χ0) is 13.1. The van der Waals surface area contributed by atoms with Gasteiger partial charge in [0, 0.05) is 4.47 Å². The number of nitrogens with one attached hydrogen (secondary N) is 1. The van der Waals surface area contributed by atoms with Crippen LogP contribution in [-0.4, -0.2) is 6.54 Å². The van der Waals surface area contributed by atoms with Crippen LogP contribution < -0.4 is 5.32 Å². The lowest BCUT2D eigenvalue weighted by Gasteiger charge is -2.18. The predicted molar refractivity (Wildman–Crippen MR) is 76.0 cm³/mol. The molecule has 0 radical (unpaired) electrons. The fourth-order valence-corrected chi connectivity index (χ4v) is 2.70. The van der Waals surface area contributed by atoms with Crippen molar-refractivity contribution in [1.82, 2.24) is 5.32 Å². The molecule has 1 aromatic carbocycles. The van der Waals surface area contributed by atoms with Crippen LogP contribution in [0.2, 0.25) is 0 Å². The molecule has 0 aliphatic carbocycles. The van der Waals surface area contributed by atoms with Gasteiger partial charge in [-0.2, -0.15) is 0 Å². The van der Waals surface area contributed by atoms with E-state index in [4.69, 9.17) is 4.42 Å². The van der Waals surface area contributed by atoms with Crippen molar-refractivity contribution in [1.29, 1.82) is 0 Å². The summed E-state index contributed by atoms with van der Waals surface area (Å²) in [6.45, 7) is 2.75. The van der Waals surface area contributed by atoms with Crippen LogP contribution in [0.1, 0.15) is 24.3 Å². The molecule has 1 atom stereocenters. The van der Waals surface area contributed by atoms with Crippen molar-refractivity contribution in [3.63, 3.8) is 0 Å². The molecule has 96 valence electrons. The molecular weight excluding hydrogens is 365 g/mol. The highest BCUT2D eigenvalue weighted by Gasteiger charge is 2.21. The zero-order valence-corrected chi connectivity index (χ0v) is 12.9. The van der Waals surface area contributed by atoms with E-state index in [9.17, 15) is 4.39 Å². The minimum Gasteiger partial charge on any atom is -0.466 e. The summed E-state index contributed by atoms with van der Waals surface area (Å²) in [5.41, 5.74) is 0.813. The summed E-state index contributed by atoms with van der Waals surface area (Å²) in [7, 11) is 0. The average molecular weight is 377 g/mol. The van der Waals surface area contributed by atoms with Gasteiger partial charge in [0.1, 0.15) is 11.6 Å². The topological polar surface area (TPSA) is 25.2 Å². The van der Waals surface area contributed by atoms with Crippen LogP contribution in [0.3, 0.4) is 0 Å². The highest BCUT2D eigenvalue weighted by Crippen LogP contribution is 2.33. The van der Waals surface area contributed by atoms with E-state index < -0.39 is 0 Å². The van der Waals surface area contributed by atoms with Gasteiger partial charge in [-0.1, -0.05) is 22.9 Å². The summed E-state index contributed by atoms with van der Waals surface area (Å²) in [4.78, 5) is 0. The van der Waals surface area contributed by atoms with Gasteiger partial charge in [0.2, 0.25) is 0 Å². The Hall–Kier alpha value is -0.650. The Morgan fingerprint density at radius 2 is 2.06 bits per heavy atom. The van der Waals surface area contributed by atoms with E-state index in [0.717, 1.165) is 26.8 Å². The first-order chi connectivity index (χ1) is 8.63. The maximum atomic E-state index is 13.4. The number of rotatable bonds is 4. The molecular formula is C13H12Br2FNO. The van der Waals surface area contributed by atoms with Crippen molar-refractivity contribution in [2.24, 2.45) is 0 Å². The van der Waals surface area contributed by atoms with E-state index >= 15 is 0 Å². The molecule has 2 aromatic rings. The monoisotopic (exact) mass is 375 g/mol. The van der Waals surface area contributed by atoms with Crippen LogP contribution in [0.15, 0.2) is 43.9 Å². The van der Waals surface area contributed by atoms with Crippen molar-refractivity contribution >= 4 is 31.9 Å². The van der Waals surface area contributed by atoms with Gasteiger partial charge < -0.3 is 9.73 Å². The first kappa shape index (κ1) is 13.8. The summed E-state index contributed by atoms with van der Waals surface area (Å²) in [5.74, 6) is 0.474. The van der Waals surface area contributed by atoms with E-state index in [0.29, 0.717) is 0 Å². The van der Waals surface area contributed by atoms with E-state index in [1.807, 2.05) is 13.0 Å². The zero-order valence-electron chi connectivity index (χ0n) is 9.71. The Morgan fingerprint density at radius 3 is 2.67 bits per heavy atom. The van der Waals surface area contributed by atoms with Gasteiger partial charge in [0.25, 0.3) is 0 Å². The maximum absolute atomic E-state index is 13.4. The highest BCUT2D eigenvalue weighted by molar-refractivity contribution is 9.10. The molecule has 1 aromatic heterocycles. The van der Waals surface area contributed by atoms with Gasteiger partial charge >= 0.3 is 0 Å². The second-order valence-electron chi connectivity index (χ2n) is 3.79. The number of hydrogen-bond donors (Lipinski definition) is 1. The normalized spacial score (nSPS) is 12.7. The van der Waals surface area contributed by atoms with Crippen LogP contribution in [0.5, 0.6) is 0 Å². The van der Waals surface area contributed by atoms with E-state index in [-0.39, 0.29) is 11.9 Å². The summed E-state index contributed by atoms with van der Waals surface area (Å²) in [5, 5.41) is 3.29. The van der Waals surface area contributed by atoms with E-state index in [1.54, 1.807) is 12.3 Å². The van der Waals surface area contributed by atoms with Crippen LogP contribution in [0.4, 0.5) is 4.39 Å². The third-order valence-corrected chi connectivity index (χ3v) is 3.96. The van der Waals surface area contributed by atoms with Crippen molar-refractivity contribution in [2.75, 3.05) is 6.54 Å². The van der Waals surface area contributed by atoms with Crippen LogP contribution in [0, 0.1) is 5.82 Å². The molecule has 1 heterocycles. The molecule has 0 spiro atoms. The molecule has 0 saturated heterocycles. The Labute approximate surface area is 122 Å². The van der Waals surface area contributed by atoms with Gasteiger partial charge in [-0.05, 0) is 52.3 Å². The van der Waals surface area contributed by atoms with Crippen LogP contribution in [0.25, 0.3) is 0 Å². The Bertz CT molecular complexity index is 542. The molecule has 0 bridgehead atoms. The van der Waals surface area contributed by atoms with Crippen molar-refractivity contribution in [3.05, 3.63) is 56.6 Å². The molecule has 2 rings (SSSR count). The molecule has 18 heavy (non-hydrogen) atoms. The molecule has 5 heteroatoms.